The summed E-state index contributed by atoms with van der Waals surface area (Å²) < 4.78 is 11.5. The van der Waals surface area contributed by atoms with E-state index < -0.39 is 0 Å². The number of ether oxygens (including phenoxy) is 2. The third-order valence-corrected chi connectivity index (χ3v) is 3.69. The highest BCUT2D eigenvalue weighted by molar-refractivity contribution is 5.95. The van der Waals surface area contributed by atoms with E-state index in [0.717, 1.165) is 29.9 Å². The molecule has 0 aliphatic heterocycles. The van der Waals surface area contributed by atoms with Crippen molar-refractivity contribution in [2.45, 2.75) is 39.5 Å². The van der Waals surface area contributed by atoms with E-state index in [9.17, 15) is 4.79 Å². The maximum atomic E-state index is 12.2. The molecule has 0 amide bonds. The van der Waals surface area contributed by atoms with Gasteiger partial charge >= 0.3 is 0 Å². The fraction of sp³-hybridized carbons (Fsp3) is 0.400. The fourth-order valence-electron chi connectivity index (χ4n) is 2.35. The smallest absolute Gasteiger partial charge is 0.164 e. The molecular formula is C20H25NO3. The summed E-state index contributed by atoms with van der Waals surface area (Å²) in [4.78, 5) is 16.2. The van der Waals surface area contributed by atoms with E-state index in [1.54, 1.807) is 24.5 Å². The van der Waals surface area contributed by atoms with Crippen LogP contribution in [0.4, 0.5) is 0 Å². The van der Waals surface area contributed by atoms with Crippen LogP contribution in [-0.4, -0.2) is 24.0 Å². The van der Waals surface area contributed by atoms with Crippen LogP contribution in [0.25, 0.3) is 0 Å². The Morgan fingerprint density at radius 3 is 2.71 bits per heavy atom. The molecule has 0 atom stereocenters. The van der Waals surface area contributed by atoms with Gasteiger partial charge in [0.2, 0.25) is 0 Å². The Balaban J connectivity index is 1.99. The minimum absolute atomic E-state index is 0.101. The summed E-state index contributed by atoms with van der Waals surface area (Å²) in [5.41, 5.74) is 1.72. The Bertz CT molecular complexity index is 641. The number of hydrogen-bond acceptors (Lipinski definition) is 4. The van der Waals surface area contributed by atoms with E-state index in [0.29, 0.717) is 31.6 Å². The van der Waals surface area contributed by atoms with Crippen molar-refractivity contribution >= 4 is 5.78 Å². The highest BCUT2D eigenvalue weighted by Crippen LogP contribution is 2.29. The molecule has 4 heteroatoms. The molecule has 4 nitrogen and oxygen atoms in total. The fourth-order valence-corrected chi connectivity index (χ4v) is 2.35. The van der Waals surface area contributed by atoms with Crippen molar-refractivity contribution in [1.29, 1.82) is 0 Å². The molecule has 24 heavy (non-hydrogen) atoms. The van der Waals surface area contributed by atoms with Crippen molar-refractivity contribution in [2.75, 3.05) is 13.2 Å². The second-order valence-corrected chi connectivity index (χ2v) is 5.58. The maximum Gasteiger partial charge on any atom is 0.164 e. The second kappa shape index (κ2) is 9.71. The number of benzene rings is 1. The molecule has 2 aromatic rings. The lowest BCUT2D eigenvalue weighted by Gasteiger charge is -2.13. The number of aromatic nitrogens is 1. The average Bonchev–Trinajstić information content (AvgIpc) is 2.62. The van der Waals surface area contributed by atoms with Crippen molar-refractivity contribution in [3.05, 3.63) is 53.9 Å². The summed E-state index contributed by atoms with van der Waals surface area (Å²) in [5, 5.41) is 0. The topological polar surface area (TPSA) is 48.4 Å². The third-order valence-electron chi connectivity index (χ3n) is 3.69. The number of nitrogens with zero attached hydrogens (tertiary/aromatic N) is 1. The summed E-state index contributed by atoms with van der Waals surface area (Å²) in [7, 11) is 0. The molecule has 0 spiro atoms. The van der Waals surface area contributed by atoms with Crippen molar-refractivity contribution in [3.8, 4) is 11.5 Å². The van der Waals surface area contributed by atoms with Crippen molar-refractivity contribution in [1.82, 2.24) is 4.98 Å². The lowest BCUT2D eigenvalue weighted by Crippen LogP contribution is -2.03. The van der Waals surface area contributed by atoms with Crippen LogP contribution in [0.2, 0.25) is 0 Å². The monoisotopic (exact) mass is 327 g/mol. The molecule has 0 fully saturated rings. The number of carbonyl (C=O) groups is 1. The zero-order valence-corrected chi connectivity index (χ0v) is 14.5. The van der Waals surface area contributed by atoms with Gasteiger partial charge in [0.05, 0.1) is 13.2 Å². The Morgan fingerprint density at radius 2 is 2.00 bits per heavy atom. The molecule has 1 heterocycles. The lowest BCUT2D eigenvalue weighted by atomic mass is 10.0. The van der Waals surface area contributed by atoms with E-state index in [4.69, 9.17) is 9.47 Å². The van der Waals surface area contributed by atoms with Crippen LogP contribution in [0.5, 0.6) is 11.5 Å². The molecule has 0 saturated heterocycles. The molecule has 0 aliphatic carbocycles. The average molecular weight is 327 g/mol. The first-order valence-electron chi connectivity index (χ1n) is 8.56. The molecule has 0 saturated carbocycles. The predicted octanol–water partition coefficient (Wildman–Crippen LogP) is 4.47. The third kappa shape index (κ3) is 5.37. The number of unbranched alkanes of at least 4 members (excludes halogenated alkanes) is 1. The number of rotatable bonds is 10. The van der Waals surface area contributed by atoms with Gasteiger partial charge in [0, 0.05) is 24.4 Å². The summed E-state index contributed by atoms with van der Waals surface area (Å²) in [6.45, 7) is 5.36. The molecular weight excluding hydrogens is 302 g/mol. The maximum absolute atomic E-state index is 12.2. The minimum atomic E-state index is 0.101. The number of ketones is 1. The summed E-state index contributed by atoms with van der Waals surface area (Å²) >= 11 is 0. The molecule has 0 unspecified atom stereocenters. The van der Waals surface area contributed by atoms with Crippen molar-refractivity contribution in [3.63, 3.8) is 0 Å². The summed E-state index contributed by atoms with van der Waals surface area (Å²) in [6, 6.07) is 9.49. The molecule has 2 rings (SSSR count). The lowest BCUT2D eigenvalue weighted by molar-refractivity contribution is 0.0982. The Morgan fingerprint density at radius 1 is 1.12 bits per heavy atom. The zero-order chi connectivity index (χ0) is 17.2. The quantitative estimate of drug-likeness (QED) is 0.477. The molecule has 1 aromatic heterocycles. The van der Waals surface area contributed by atoms with Crippen LogP contribution in [0, 0.1) is 0 Å². The molecule has 0 aliphatic rings. The number of aryl methyl sites for hydroxylation is 1. The van der Waals surface area contributed by atoms with Gasteiger partial charge in [0.15, 0.2) is 17.3 Å². The molecule has 0 N–H and O–H groups in total. The van der Waals surface area contributed by atoms with Gasteiger partial charge in [-0.15, -0.1) is 0 Å². The summed E-state index contributed by atoms with van der Waals surface area (Å²) in [6.07, 6.45) is 6.52. The van der Waals surface area contributed by atoms with Gasteiger partial charge in [0.25, 0.3) is 0 Å². The standard InChI is InChI=1S/C20H25NO3/c1-3-5-13-24-19-11-9-16(14-20(19)23-4-2)8-10-18(22)17-7-6-12-21-15-17/h6-7,9,11-12,14-15H,3-5,8,10,13H2,1-2H3. The van der Waals surface area contributed by atoms with Crippen LogP contribution < -0.4 is 9.47 Å². The zero-order valence-electron chi connectivity index (χ0n) is 14.5. The van der Waals surface area contributed by atoms with Crippen LogP contribution in [0.15, 0.2) is 42.7 Å². The Labute approximate surface area is 143 Å². The number of carbonyl (C=O) groups excluding carboxylic acids is 1. The van der Waals surface area contributed by atoms with E-state index in [1.807, 2.05) is 25.1 Å². The Hall–Kier alpha value is -2.36. The van der Waals surface area contributed by atoms with E-state index in [2.05, 4.69) is 11.9 Å². The number of Topliss-reactive ketones (excluding diaryl/α,β-unsaturated/α-hetero) is 1. The molecule has 0 radical (unpaired) electrons. The first-order valence-corrected chi connectivity index (χ1v) is 8.56. The molecule has 0 bridgehead atoms. The molecule has 128 valence electrons. The highest BCUT2D eigenvalue weighted by atomic mass is 16.5. The van der Waals surface area contributed by atoms with Gasteiger partial charge in [-0.2, -0.15) is 0 Å². The minimum Gasteiger partial charge on any atom is -0.490 e. The largest absolute Gasteiger partial charge is 0.490 e. The molecule has 1 aromatic carbocycles. The van der Waals surface area contributed by atoms with Crippen molar-refractivity contribution < 1.29 is 14.3 Å². The normalized spacial score (nSPS) is 10.4. The SMILES string of the molecule is CCCCOc1ccc(CCC(=O)c2cccnc2)cc1OCC. The number of pyridine rings is 1. The van der Waals surface area contributed by atoms with Crippen LogP contribution in [0.1, 0.15) is 49.0 Å². The summed E-state index contributed by atoms with van der Waals surface area (Å²) in [5.74, 6) is 1.62. The van der Waals surface area contributed by atoms with Crippen LogP contribution in [0.3, 0.4) is 0 Å². The van der Waals surface area contributed by atoms with E-state index >= 15 is 0 Å². The van der Waals surface area contributed by atoms with Crippen molar-refractivity contribution in [2.24, 2.45) is 0 Å². The van der Waals surface area contributed by atoms with Crippen LogP contribution >= 0.6 is 0 Å². The van der Waals surface area contributed by atoms with Gasteiger partial charge in [0.1, 0.15) is 0 Å². The predicted molar refractivity (Wildman–Crippen MR) is 94.9 cm³/mol. The second-order valence-electron chi connectivity index (χ2n) is 5.58. The van der Waals surface area contributed by atoms with Gasteiger partial charge in [-0.3, -0.25) is 9.78 Å². The van der Waals surface area contributed by atoms with E-state index in [1.165, 1.54) is 0 Å². The van der Waals surface area contributed by atoms with Crippen LogP contribution in [-0.2, 0) is 6.42 Å². The first-order chi connectivity index (χ1) is 11.7. The highest BCUT2D eigenvalue weighted by Gasteiger charge is 2.09. The number of hydrogen-bond donors (Lipinski definition) is 0. The van der Waals surface area contributed by atoms with Gasteiger partial charge in [-0.1, -0.05) is 19.4 Å². The first kappa shape index (κ1) is 18.0. The Kier molecular flexibility index (Phi) is 7.27. The van der Waals surface area contributed by atoms with E-state index in [-0.39, 0.29) is 5.78 Å². The van der Waals surface area contributed by atoms with Gasteiger partial charge in [-0.25, -0.2) is 0 Å². The van der Waals surface area contributed by atoms with Gasteiger partial charge in [-0.05, 0) is 49.6 Å². The van der Waals surface area contributed by atoms with Gasteiger partial charge < -0.3 is 9.47 Å².